The molecule has 1 aromatic heterocycles. The van der Waals surface area contributed by atoms with Crippen LogP contribution in [0.3, 0.4) is 0 Å². The molecule has 13 heteroatoms. The molecule has 0 bridgehead atoms. The van der Waals surface area contributed by atoms with Gasteiger partial charge in [-0.2, -0.15) is 39.5 Å². The molecule has 3 nitrogen and oxygen atoms in total. The van der Waals surface area contributed by atoms with E-state index in [1.54, 1.807) is 0 Å². The van der Waals surface area contributed by atoms with Crippen molar-refractivity contribution in [1.29, 1.82) is 0 Å². The SMILES string of the molecule is FC(F)(F)C(Oc1cc(Br)ncn1)(C(F)(F)F)C(F)(F)F. The fraction of sp³-hybridized carbons (Fsp3) is 0.500. The molecule has 0 saturated heterocycles. The maximum Gasteiger partial charge on any atom is 0.447 e. The van der Waals surface area contributed by atoms with Crippen LogP contribution in [0.1, 0.15) is 0 Å². The predicted octanol–water partition coefficient (Wildman–Crippen LogP) is 4.04. The lowest BCUT2D eigenvalue weighted by Gasteiger charge is -2.37. The van der Waals surface area contributed by atoms with Crippen LogP contribution < -0.4 is 4.74 Å². The molecule has 0 atom stereocenters. The molecular formula is C8H2BrF9N2O. The van der Waals surface area contributed by atoms with Crippen molar-refractivity contribution < 1.29 is 44.3 Å². The van der Waals surface area contributed by atoms with E-state index in [2.05, 4.69) is 30.6 Å². The van der Waals surface area contributed by atoms with Gasteiger partial charge in [-0.15, -0.1) is 0 Å². The smallest absolute Gasteiger partial charge is 0.445 e. The van der Waals surface area contributed by atoms with E-state index in [0.29, 0.717) is 12.4 Å². The second kappa shape index (κ2) is 5.18. The number of rotatable bonds is 2. The van der Waals surface area contributed by atoms with Gasteiger partial charge in [0, 0.05) is 6.07 Å². The van der Waals surface area contributed by atoms with E-state index in [4.69, 9.17) is 0 Å². The summed E-state index contributed by atoms with van der Waals surface area (Å²) in [5.41, 5.74) is -6.40. The van der Waals surface area contributed by atoms with Crippen molar-refractivity contribution in [3.63, 3.8) is 0 Å². The van der Waals surface area contributed by atoms with Gasteiger partial charge in [0.2, 0.25) is 5.88 Å². The van der Waals surface area contributed by atoms with E-state index < -0.39 is 30.0 Å². The summed E-state index contributed by atoms with van der Waals surface area (Å²) >= 11 is 2.55. The molecule has 0 aromatic carbocycles. The zero-order valence-corrected chi connectivity index (χ0v) is 10.8. The highest BCUT2D eigenvalue weighted by Crippen LogP contribution is 2.54. The molecule has 1 aromatic rings. The molecule has 0 aliphatic carbocycles. The van der Waals surface area contributed by atoms with Crippen LogP contribution >= 0.6 is 15.9 Å². The lowest BCUT2D eigenvalue weighted by molar-refractivity contribution is -0.437. The molecule has 0 aliphatic heterocycles. The van der Waals surface area contributed by atoms with Crippen molar-refractivity contribution in [2.24, 2.45) is 0 Å². The molecule has 1 heterocycles. The van der Waals surface area contributed by atoms with Crippen LogP contribution in [0, 0.1) is 0 Å². The first kappa shape index (κ1) is 17.8. The van der Waals surface area contributed by atoms with Gasteiger partial charge in [-0.3, -0.25) is 0 Å². The van der Waals surface area contributed by atoms with Crippen LogP contribution in [-0.4, -0.2) is 34.1 Å². The summed E-state index contributed by atoms with van der Waals surface area (Å²) in [6, 6.07) is 0.331. The van der Waals surface area contributed by atoms with Crippen LogP contribution in [-0.2, 0) is 0 Å². The second-order valence-corrected chi connectivity index (χ2v) is 4.27. The molecule has 0 spiro atoms. The van der Waals surface area contributed by atoms with E-state index in [9.17, 15) is 39.5 Å². The lowest BCUT2D eigenvalue weighted by atomic mass is 10.0. The van der Waals surface area contributed by atoms with Crippen molar-refractivity contribution in [3.8, 4) is 5.88 Å². The average Bonchev–Trinajstić information content (AvgIpc) is 2.20. The number of alkyl halides is 9. The van der Waals surface area contributed by atoms with Crippen LogP contribution in [0.25, 0.3) is 0 Å². The maximum atomic E-state index is 12.5. The number of ether oxygens (including phenoxy) is 1. The summed E-state index contributed by atoms with van der Waals surface area (Å²) in [6.07, 6.45) is -20.0. The fourth-order valence-electron chi connectivity index (χ4n) is 1.19. The first-order chi connectivity index (χ1) is 9.22. The van der Waals surface area contributed by atoms with Crippen LogP contribution in [0.15, 0.2) is 17.0 Å². The van der Waals surface area contributed by atoms with Crippen LogP contribution in [0.5, 0.6) is 5.88 Å². The predicted molar refractivity (Wildman–Crippen MR) is 51.3 cm³/mol. The van der Waals surface area contributed by atoms with E-state index in [-0.39, 0.29) is 4.60 Å². The first-order valence-electron chi connectivity index (χ1n) is 4.59. The minimum absolute atomic E-state index is 0.331. The van der Waals surface area contributed by atoms with Gasteiger partial charge in [0.05, 0.1) is 0 Å². The van der Waals surface area contributed by atoms with Crippen LogP contribution in [0.2, 0.25) is 0 Å². The Morgan fingerprint density at radius 3 is 1.57 bits per heavy atom. The van der Waals surface area contributed by atoms with Gasteiger partial charge in [-0.05, 0) is 15.9 Å². The maximum absolute atomic E-state index is 12.5. The summed E-state index contributed by atoms with van der Waals surface area (Å²) < 4.78 is 116. The third-order valence-electron chi connectivity index (χ3n) is 2.06. The number of hydrogen-bond acceptors (Lipinski definition) is 3. The zero-order valence-electron chi connectivity index (χ0n) is 9.24. The molecule has 0 amide bonds. The van der Waals surface area contributed by atoms with Gasteiger partial charge in [-0.25, -0.2) is 9.97 Å². The number of halogens is 10. The minimum Gasteiger partial charge on any atom is -0.445 e. The van der Waals surface area contributed by atoms with Gasteiger partial charge in [0.25, 0.3) is 0 Å². The molecule has 1 rings (SSSR count). The third-order valence-corrected chi connectivity index (χ3v) is 2.50. The third kappa shape index (κ3) is 3.16. The Hall–Kier alpha value is -1.27. The van der Waals surface area contributed by atoms with Gasteiger partial charge < -0.3 is 4.74 Å². The van der Waals surface area contributed by atoms with Crippen molar-refractivity contribution in [1.82, 2.24) is 9.97 Å². The number of nitrogens with zero attached hydrogens (tertiary/aromatic N) is 2. The average molecular weight is 393 g/mol. The molecule has 21 heavy (non-hydrogen) atoms. The Balaban J connectivity index is 3.52. The molecule has 120 valence electrons. The monoisotopic (exact) mass is 392 g/mol. The van der Waals surface area contributed by atoms with Crippen molar-refractivity contribution in [2.75, 3.05) is 0 Å². The number of aromatic nitrogens is 2. The second-order valence-electron chi connectivity index (χ2n) is 3.46. The first-order valence-corrected chi connectivity index (χ1v) is 5.38. The number of hydrogen-bond donors (Lipinski definition) is 0. The van der Waals surface area contributed by atoms with Gasteiger partial charge in [0.1, 0.15) is 10.9 Å². The standard InChI is InChI=1S/C8H2BrF9N2O/c9-3-1-4(20-2-19-3)21-5(6(10,11)12,7(13,14)15)8(16,17)18/h1-2H. The van der Waals surface area contributed by atoms with Gasteiger partial charge >= 0.3 is 24.1 Å². The summed E-state index contributed by atoms with van der Waals surface area (Å²) in [5.74, 6) is -1.55. The largest absolute Gasteiger partial charge is 0.447 e. The van der Waals surface area contributed by atoms with Crippen LogP contribution in [0.4, 0.5) is 39.5 Å². The van der Waals surface area contributed by atoms with Crippen molar-refractivity contribution in [2.45, 2.75) is 24.1 Å². The van der Waals surface area contributed by atoms with Crippen molar-refractivity contribution >= 4 is 15.9 Å². The van der Waals surface area contributed by atoms with E-state index in [1.165, 1.54) is 0 Å². The lowest BCUT2D eigenvalue weighted by Crippen LogP contribution is -2.69. The van der Waals surface area contributed by atoms with E-state index in [0.717, 1.165) is 0 Å². The van der Waals surface area contributed by atoms with Gasteiger partial charge in [-0.1, -0.05) is 0 Å². The molecular weight excluding hydrogens is 391 g/mol. The van der Waals surface area contributed by atoms with Gasteiger partial charge in [0.15, 0.2) is 0 Å². The molecule has 0 saturated carbocycles. The quantitative estimate of drug-likeness (QED) is 0.562. The Labute approximate surface area is 118 Å². The molecule has 0 radical (unpaired) electrons. The van der Waals surface area contributed by atoms with E-state index >= 15 is 0 Å². The minimum atomic E-state index is -6.82. The highest BCUT2D eigenvalue weighted by atomic mass is 79.9. The summed E-state index contributed by atoms with van der Waals surface area (Å²) in [7, 11) is 0. The normalized spacial score (nSPS) is 14.2. The highest BCUT2D eigenvalue weighted by molar-refractivity contribution is 9.10. The summed E-state index contributed by atoms with van der Waals surface area (Å²) in [6.45, 7) is 0. The molecule has 0 N–H and O–H groups in total. The Bertz CT molecular complexity index is 474. The Kier molecular flexibility index (Phi) is 4.38. The molecule has 0 aliphatic rings. The van der Waals surface area contributed by atoms with E-state index in [1.807, 2.05) is 0 Å². The highest BCUT2D eigenvalue weighted by Gasteiger charge is 2.87. The fourth-order valence-corrected chi connectivity index (χ4v) is 1.47. The summed E-state index contributed by atoms with van der Waals surface area (Å²) in [4.78, 5) is 6.04. The molecule has 0 unspecified atom stereocenters. The summed E-state index contributed by atoms with van der Waals surface area (Å²) in [5, 5.41) is 0. The zero-order chi connectivity index (χ0) is 16.7. The Morgan fingerprint density at radius 1 is 0.810 bits per heavy atom. The molecule has 0 fully saturated rings. The topological polar surface area (TPSA) is 35.0 Å². The Morgan fingerprint density at radius 2 is 1.24 bits per heavy atom. The van der Waals surface area contributed by atoms with Crippen molar-refractivity contribution in [3.05, 3.63) is 17.0 Å².